The quantitative estimate of drug-likeness (QED) is 0.736. The molecule has 0 saturated heterocycles. The number of sulfonamides is 1. The summed E-state index contributed by atoms with van der Waals surface area (Å²) < 4.78 is 26.4. The van der Waals surface area contributed by atoms with Gasteiger partial charge in [-0.15, -0.1) is 0 Å². The van der Waals surface area contributed by atoms with Gasteiger partial charge in [0.15, 0.2) is 0 Å². The zero-order valence-electron chi connectivity index (χ0n) is 11.2. The number of benzene rings is 1. The first-order chi connectivity index (χ1) is 8.87. The van der Waals surface area contributed by atoms with E-state index < -0.39 is 10.0 Å². The van der Waals surface area contributed by atoms with Crippen molar-refractivity contribution >= 4 is 15.7 Å². The molecule has 106 valence electrons. The molecule has 0 aromatic heterocycles. The zero-order chi connectivity index (χ0) is 14.1. The lowest BCUT2D eigenvalue weighted by Crippen LogP contribution is -2.30. The summed E-state index contributed by atoms with van der Waals surface area (Å²) in [4.78, 5) is 0.251. The number of hydrogen-bond acceptors (Lipinski definition) is 4. The average Bonchev–Trinajstić information content (AvgIpc) is 3.09. The lowest BCUT2D eigenvalue weighted by Gasteiger charge is -2.16. The topological polar surface area (TPSA) is 78.4 Å². The van der Waals surface area contributed by atoms with Crippen molar-refractivity contribution in [3.8, 4) is 0 Å². The van der Waals surface area contributed by atoms with Crippen LogP contribution in [0.4, 0.5) is 5.69 Å². The number of nitrogens with one attached hydrogen (secondary N) is 2. The highest BCUT2D eigenvalue weighted by Crippen LogP contribution is 2.38. The van der Waals surface area contributed by atoms with Gasteiger partial charge in [0.2, 0.25) is 10.0 Å². The highest BCUT2D eigenvalue weighted by molar-refractivity contribution is 7.89. The minimum absolute atomic E-state index is 0.0992. The molecule has 2 rings (SSSR count). The van der Waals surface area contributed by atoms with E-state index in [1.165, 1.54) is 0 Å². The highest BCUT2D eigenvalue weighted by Gasteiger charge is 2.41. The average molecular weight is 284 g/mol. The molecule has 0 bridgehead atoms. The fourth-order valence-corrected chi connectivity index (χ4v) is 3.13. The van der Waals surface area contributed by atoms with Crippen LogP contribution in [0.3, 0.4) is 0 Å². The molecule has 0 aliphatic heterocycles. The maximum atomic E-state index is 11.9. The number of anilines is 1. The summed E-state index contributed by atoms with van der Waals surface area (Å²) in [6.45, 7) is 3.67. The second kappa shape index (κ2) is 5.11. The molecule has 0 atom stereocenters. The van der Waals surface area contributed by atoms with Gasteiger partial charge < -0.3 is 10.4 Å². The number of hydrogen-bond donors (Lipinski definition) is 3. The Bertz CT molecular complexity index is 534. The molecule has 1 aromatic carbocycles. The Morgan fingerprint density at radius 2 is 1.84 bits per heavy atom. The first-order valence-corrected chi connectivity index (χ1v) is 7.87. The van der Waals surface area contributed by atoms with Gasteiger partial charge in [-0.25, -0.2) is 13.1 Å². The largest absolute Gasteiger partial charge is 0.394 e. The van der Waals surface area contributed by atoms with Crippen LogP contribution in [-0.2, 0) is 10.0 Å². The summed E-state index contributed by atoms with van der Waals surface area (Å²) in [6, 6.07) is 6.46. The fourth-order valence-electron chi connectivity index (χ4n) is 1.88. The molecule has 0 heterocycles. The van der Waals surface area contributed by atoms with Crippen LogP contribution in [0.5, 0.6) is 0 Å². The molecule has 0 amide bonds. The van der Waals surface area contributed by atoms with Crippen LogP contribution in [0.25, 0.3) is 0 Å². The summed E-state index contributed by atoms with van der Waals surface area (Å²) in [6.07, 6.45) is 1.89. The van der Waals surface area contributed by atoms with Crippen LogP contribution in [-0.4, -0.2) is 31.7 Å². The van der Waals surface area contributed by atoms with Gasteiger partial charge in [-0.2, -0.15) is 0 Å². The van der Waals surface area contributed by atoms with E-state index in [2.05, 4.69) is 10.0 Å². The van der Waals surface area contributed by atoms with Gasteiger partial charge in [0.05, 0.1) is 17.0 Å². The molecule has 6 heteroatoms. The number of aliphatic hydroxyl groups is 1. The molecular formula is C13H20N2O3S. The van der Waals surface area contributed by atoms with Crippen molar-refractivity contribution in [2.75, 3.05) is 11.9 Å². The maximum absolute atomic E-state index is 11.9. The predicted octanol–water partition coefficient (Wildman–Crippen LogP) is 1.31. The van der Waals surface area contributed by atoms with Crippen molar-refractivity contribution in [3.63, 3.8) is 0 Å². The second-order valence-corrected chi connectivity index (χ2v) is 7.08. The van der Waals surface area contributed by atoms with Crippen LogP contribution >= 0.6 is 0 Å². The standard InChI is InChI=1S/C13H20N2O3S/c1-10(2)15-19(17,18)12-5-3-11(4-6-12)14-13(9-16)7-8-13/h3-6,10,14-16H,7-9H2,1-2H3. The zero-order valence-corrected chi connectivity index (χ0v) is 12.0. The summed E-state index contributed by atoms with van der Waals surface area (Å²) in [7, 11) is -3.44. The Labute approximate surface area is 114 Å². The van der Waals surface area contributed by atoms with E-state index in [0.29, 0.717) is 0 Å². The summed E-state index contributed by atoms with van der Waals surface area (Å²) in [5.74, 6) is 0. The molecule has 1 saturated carbocycles. The van der Waals surface area contributed by atoms with Gasteiger partial charge >= 0.3 is 0 Å². The molecule has 3 N–H and O–H groups in total. The van der Waals surface area contributed by atoms with Crippen molar-refractivity contribution in [1.82, 2.24) is 4.72 Å². The Hall–Kier alpha value is -1.11. The van der Waals surface area contributed by atoms with Gasteiger partial charge in [0.1, 0.15) is 0 Å². The third kappa shape index (κ3) is 3.46. The lowest BCUT2D eigenvalue weighted by molar-refractivity contribution is 0.266. The number of aliphatic hydroxyl groups excluding tert-OH is 1. The molecule has 5 nitrogen and oxygen atoms in total. The summed E-state index contributed by atoms with van der Waals surface area (Å²) in [5, 5.41) is 12.5. The highest BCUT2D eigenvalue weighted by atomic mass is 32.2. The normalized spacial score (nSPS) is 17.5. The number of rotatable bonds is 6. The van der Waals surface area contributed by atoms with Gasteiger partial charge in [0, 0.05) is 11.7 Å². The van der Waals surface area contributed by atoms with E-state index in [0.717, 1.165) is 18.5 Å². The van der Waals surface area contributed by atoms with Crippen LogP contribution in [0.1, 0.15) is 26.7 Å². The molecule has 1 aliphatic carbocycles. The van der Waals surface area contributed by atoms with E-state index in [1.807, 2.05) is 0 Å². The van der Waals surface area contributed by atoms with Gasteiger partial charge in [-0.1, -0.05) is 0 Å². The summed E-state index contributed by atoms with van der Waals surface area (Å²) in [5.41, 5.74) is 0.631. The smallest absolute Gasteiger partial charge is 0.240 e. The summed E-state index contributed by atoms with van der Waals surface area (Å²) >= 11 is 0. The molecule has 0 unspecified atom stereocenters. The first-order valence-electron chi connectivity index (χ1n) is 6.38. The van der Waals surface area contributed by atoms with Crippen LogP contribution in [0, 0.1) is 0 Å². The molecule has 1 aliphatic rings. The Morgan fingerprint density at radius 1 is 1.26 bits per heavy atom. The Kier molecular flexibility index (Phi) is 3.85. The molecular weight excluding hydrogens is 264 g/mol. The molecule has 0 radical (unpaired) electrons. The van der Waals surface area contributed by atoms with Crippen LogP contribution in [0.2, 0.25) is 0 Å². The van der Waals surface area contributed by atoms with Crippen LogP contribution in [0.15, 0.2) is 29.2 Å². The Morgan fingerprint density at radius 3 is 2.26 bits per heavy atom. The third-order valence-electron chi connectivity index (χ3n) is 3.12. The van der Waals surface area contributed by atoms with E-state index in [-0.39, 0.29) is 23.1 Å². The maximum Gasteiger partial charge on any atom is 0.240 e. The lowest BCUT2D eigenvalue weighted by atomic mass is 10.2. The molecule has 0 spiro atoms. The van der Waals surface area contributed by atoms with E-state index in [4.69, 9.17) is 0 Å². The molecule has 1 aromatic rings. The second-order valence-electron chi connectivity index (χ2n) is 5.36. The SMILES string of the molecule is CC(C)NS(=O)(=O)c1ccc(NC2(CO)CC2)cc1. The van der Waals surface area contributed by atoms with Crippen LogP contribution < -0.4 is 10.0 Å². The van der Waals surface area contributed by atoms with E-state index in [1.54, 1.807) is 38.1 Å². The predicted molar refractivity (Wildman–Crippen MR) is 74.6 cm³/mol. The van der Waals surface area contributed by atoms with E-state index in [9.17, 15) is 13.5 Å². The third-order valence-corrected chi connectivity index (χ3v) is 4.80. The molecule has 1 fully saturated rings. The van der Waals surface area contributed by atoms with Crippen molar-refractivity contribution in [1.29, 1.82) is 0 Å². The fraction of sp³-hybridized carbons (Fsp3) is 0.538. The van der Waals surface area contributed by atoms with E-state index >= 15 is 0 Å². The van der Waals surface area contributed by atoms with Crippen molar-refractivity contribution in [2.24, 2.45) is 0 Å². The minimum atomic E-state index is -3.44. The van der Waals surface area contributed by atoms with Gasteiger partial charge in [0.25, 0.3) is 0 Å². The van der Waals surface area contributed by atoms with Crippen molar-refractivity contribution in [3.05, 3.63) is 24.3 Å². The molecule has 19 heavy (non-hydrogen) atoms. The first kappa shape index (κ1) is 14.3. The van der Waals surface area contributed by atoms with Crippen molar-refractivity contribution < 1.29 is 13.5 Å². The van der Waals surface area contributed by atoms with Gasteiger partial charge in [-0.05, 0) is 51.0 Å². The monoisotopic (exact) mass is 284 g/mol. The van der Waals surface area contributed by atoms with Crippen molar-refractivity contribution in [2.45, 2.75) is 43.2 Å². The van der Waals surface area contributed by atoms with Gasteiger partial charge in [-0.3, -0.25) is 0 Å². The minimum Gasteiger partial charge on any atom is -0.394 e. The Balaban J connectivity index is 2.10.